The van der Waals surface area contributed by atoms with E-state index >= 15 is 0 Å². The number of carbonyl (C=O) groups excluding carboxylic acids is 1. The number of para-hydroxylation sites is 4. The SMILES string of the molecule is C=CCOc1ccccc1NCC(=O)Nc1ccccc1OCC. The third kappa shape index (κ3) is 5.05. The van der Waals surface area contributed by atoms with Crippen LogP contribution in [0.5, 0.6) is 11.5 Å². The van der Waals surface area contributed by atoms with Gasteiger partial charge in [0.15, 0.2) is 0 Å². The van der Waals surface area contributed by atoms with Crippen LogP contribution < -0.4 is 20.1 Å². The molecule has 1 amide bonds. The van der Waals surface area contributed by atoms with Crippen LogP contribution in [0.2, 0.25) is 0 Å². The summed E-state index contributed by atoms with van der Waals surface area (Å²) in [4.78, 5) is 12.2. The Morgan fingerprint density at radius 2 is 1.67 bits per heavy atom. The number of anilines is 2. The second-order valence-corrected chi connectivity index (χ2v) is 4.93. The van der Waals surface area contributed by atoms with E-state index in [1.165, 1.54) is 0 Å². The van der Waals surface area contributed by atoms with Crippen molar-refractivity contribution in [3.05, 3.63) is 61.2 Å². The summed E-state index contributed by atoms with van der Waals surface area (Å²) in [6.45, 7) is 6.60. The summed E-state index contributed by atoms with van der Waals surface area (Å²) in [5.41, 5.74) is 1.41. The maximum Gasteiger partial charge on any atom is 0.243 e. The van der Waals surface area contributed by atoms with E-state index in [9.17, 15) is 4.79 Å². The maximum absolute atomic E-state index is 12.2. The van der Waals surface area contributed by atoms with Gasteiger partial charge >= 0.3 is 0 Å². The maximum atomic E-state index is 12.2. The lowest BCUT2D eigenvalue weighted by atomic mass is 10.2. The fourth-order valence-electron chi connectivity index (χ4n) is 2.11. The lowest BCUT2D eigenvalue weighted by molar-refractivity contribution is -0.114. The number of ether oxygens (including phenoxy) is 2. The molecule has 0 aromatic heterocycles. The Labute approximate surface area is 142 Å². The zero-order chi connectivity index (χ0) is 17.2. The van der Waals surface area contributed by atoms with E-state index in [1.807, 2.05) is 55.5 Å². The van der Waals surface area contributed by atoms with E-state index in [1.54, 1.807) is 6.08 Å². The van der Waals surface area contributed by atoms with Crippen molar-refractivity contribution in [3.63, 3.8) is 0 Å². The van der Waals surface area contributed by atoms with E-state index in [0.29, 0.717) is 30.4 Å². The summed E-state index contributed by atoms with van der Waals surface area (Å²) in [7, 11) is 0. The summed E-state index contributed by atoms with van der Waals surface area (Å²) < 4.78 is 11.1. The largest absolute Gasteiger partial charge is 0.492 e. The standard InChI is InChI=1S/C19H22N2O3/c1-3-13-24-17-11-7-5-9-15(17)20-14-19(22)21-16-10-6-8-12-18(16)23-4-2/h3,5-12,20H,1,4,13-14H2,2H3,(H,21,22). The van der Waals surface area contributed by atoms with E-state index in [0.717, 1.165) is 5.69 Å². The third-order valence-corrected chi connectivity index (χ3v) is 3.14. The van der Waals surface area contributed by atoms with Gasteiger partial charge in [-0.3, -0.25) is 4.79 Å². The first kappa shape index (κ1) is 17.4. The van der Waals surface area contributed by atoms with Crippen LogP contribution in [0.1, 0.15) is 6.92 Å². The summed E-state index contributed by atoms with van der Waals surface area (Å²) >= 11 is 0. The van der Waals surface area contributed by atoms with Crippen molar-refractivity contribution in [2.24, 2.45) is 0 Å². The van der Waals surface area contributed by atoms with E-state index in [-0.39, 0.29) is 12.5 Å². The van der Waals surface area contributed by atoms with Gasteiger partial charge in [0.1, 0.15) is 18.1 Å². The van der Waals surface area contributed by atoms with E-state index in [4.69, 9.17) is 9.47 Å². The lowest BCUT2D eigenvalue weighted by Crippen LogP contribution is -2.22. The van der Waals surface area contributed by atoms with E-state index < -0.39 is 0 Å². The predicted molar refractivity (Wildman–Crippen MR) is 96.9 cm³/mol. The van der Waals surface area contributed by atoms with Crippen LogP contribution in [0, 0.1) is 0 Å². The smallest absolute Gasteiger partial charge is 0.243 e. The highest BCUT2D eigenvalue weighted by Gasteiger charge is 2.08. The van der Waals surface area contributed by atoms with Crippen molar-refractivity contribution in [1.82, 2.24) is 0 Å². The Bertz CT molecular complexity index is 686. The van der Waals surface area contributed by atoms with Crippen molar-refractivity contribution < 1.29 is 14.3 Å². The molecule has 5 nitrogen and oxygen atoms in total. The normalized spacial score (nSPS) is 9.88. The molecular formula is C19H22N2O3. The van der Waals surface area contributed by atoms with Crippen molar-refractivity contribution in [1.29, 1.82) is 0 Å². The molecule has 0 aliphatic heterocycles. The van der Waals surface area contributed by atoms with Gasteiger partial charge in [0, 0.05) is 0 Å². The molecule has 0 unspecified atom stereocenters. The van der Waals surface area contributed by atoms with Gasteiger partial charge in [0.2, 0.25) is 5.91 Å². The highest BCUT2D eigenvalue weighted by molar-refractivity contribution is 5.95. The van der Waals surface area contributed by atoms with Gasteiger partial charge in [0.25, 0.3) is 0 Å². The number of hydrogen-bond acceptors (Lipinski definition) is 4. The topological polar surface area (TPSA) is 59.6 Å². The first-order chi connectivity index (χ1) is 11.7. The van der Waals surface area contributed by atoms with Crippen LogP contribution in [0.3, 0.4) is 0 Å². The second-order valence-electron chi connectivity index (χ2n) is 4.93. The van der Waals surface area contributed by atoms with Gasteiger partial charge in [-0.25, -0.2) is 0 Å². The summed E-state index contributed by atoms with van der Waals surface area (Å²) in [6, 6.07) is 14.8. The van der Waals surface area contributed by atoms with Crippen LogP contribution in [-0.2, 0) is 4.79 Å². The number of carbonyl (C=O) groups is 1. The molecule has 2 aromatic rings. The van der Waals surface area contributed by atoms with Gasteiger partial charge in [0.05, 0.1) is 24.5 Å². The number of rotatable bonds is 9. The molecule has 2 N–H and O–H groups in total. The van der Waals surface area contributed by atoms with Gasteiger partial charge < -0.3 is 20.1 Å². The molecule has 126 valence electrons. The minimum absolute atomic E-state index is 0.120. The molecule has 0 saturated carbocycles. The van der Waals surface area contributed by atoms with Crippen molar-refractivity contribution in [2.75, 3.05) is 30.4 Å². The molecule has 0 saturated heterocycles. The molecule has 0 aliphatic carbocycles. The molecule has 0 atom stereocenters. The van der Waals surface area contributed by atoms with Gasteiger partial charge in [-0.15, -0.1) is 0 Å². The van der Waals surface area contributed by atoms with Crippen molar-refractivity contribution in [2.45, 2.75) is 6.92 Å². The van der Waals surface area contributed by atoms with Gasteiger partial charge in [-0.1, -0.05) is 36.9 Å². The Morgan fingerprint density at radius 1 is 1.04 bits per heavy atom. The average molecular weight is 326 g/mol. The Kier molecular flexibility index (Phi) is 6.71. The zero-order valence-electron chi connectivity index (χ0n) is 13.7. The fourth-order valence-corrected chi connectivity index (χ4v) is 2.11. The molecule has 24 heavy (non-hydrogen) atoms. The summed E-state index contributed by atoms with van der Waals surface area (Å²) in [5, 5.41) is 5.93. The number of amides is 1. The van der Waals surface area contributed by atoms with Crippen LogP contribution >= 0.6 is 0 Å². The number of hydrogen-bond donors (Lipinski definition) is 2. The highest BCUT2D eigenvalue weighted by atomic mass is 16.5. The summed E-state index contributed by atoms with van der Waals surface area (Å²) in [5.74, 6) is 1.17. The Hall–Kier alpha value is -2.95. The first-order valence-corrected chi connectivity index (χ1v) is 7.83. The molecule has 0 aliphatic rings. The average Bonchev–Trinajstić information content (AvgIpc) is 2.61. The second kappa shape index (κ2) is 9.25. The molecule has 0 heterocycles. The fraction of sp³-hybridized carbons (Fsp3) is 0.211. The van der Waals surface area contributed by atoms with Crippen molar-refractivity contribution in [3.8, 4) is 11.5 Å². The first-order valence-electron chi connectivity index (χ1n) is 7.83. The highest BCUT2D eigenvalue weighted by Crippen LogP contribution is 2.25. The lowest BCUT2D eigenvalue weighted by Gasteiger charge is -2.14. The predicted octanol–water partition coefficient (Wildman–Crippen LogP) is 3.70. The van der Waals surface area contributed by atoms with E-state index in [2.05, 4.69) is 17.2 Å². The zero-order valence-corrected chi connectivity index (χ0v) is 13.7. The number of benzene rings is 2. The third-order valence-electron chi connectivity index (χ3n) is 3.14. The molecule has 2 rings (SSSR count). The van der Waals surface area contributed by atoms with Crippen LogP contribution in [0.15, 0.2) is 61.2 Å². The monoisotopic (exact) mass is 326 g/mol. The molecule has 5 heteroatoms. The minimum atomic E-state index is -0.166. The Morgan fingerprint density at radius 3 is 2.33 bits per heavy atom. The molecule has 0 bridgehead atoms. The molecule has 0 radical (unpaired) electrons. The minimum Gasteiger partial charge on any atom is -0.492 e. The molecular weight excluding hydrogens is 304 g/mol. The van der Waals surface area contributed by atoms with Crippen LogP contribution in [0.4, 0.5) is 11.4 Å². The van der Waals surface area contributed by atoms with Crippen LogP contribution in [0.25, 0.3) is 0 Å². The summed E-state index contributed by atoms with van der Waals surface area (Å²) in [6.07, 6.45) is 1.67. The Balaban J connectivity index is 1.95. The molecule has 2 aromatic carbocycles. The quantitative estimate of drug-likeness (QED) is 0.690. The van der Waals surface area contributed by atoms with Gasteiger partial charge in [-0.05, 0) is 31.2 Å². The van der Waals surface area contributed by atoms with Gasteiger partial charge in [-0.2, -0.15) is 0 Å². The molecule has 0 spiro atoms. The van der Waals surface area contributed by atoms with Crippen molar-refractivity contribution >= 4 is 17.3 Å². The molecule has 0 fully saturated rings. The van der Waals surface area contributed by atoms with Crippen LogP contribution in [-0.4, -0.2) is 25.7 Å². The number of nitrogens with one attached hydrogen (secondary N) is 2.